The lowest BCUT2D eigenvalue weighted by Gasteiger charge is -2.06. The van der Waals surface area contributed by atoms with Crippen LogP contribution in [-0.4, -0.2) is 38.3 Å². The van der Waals surface area contributed by atoms with Gasteiger partial charge in [-0.2, -0.15) is 0 Å². The summed E-state index contributed by atoms with van der Waals surface area (Å²) in [6.45, 7) is 0.238. The fourth-order valence-electron chi connectivity index (χ4n) is 1.91. The number of ether oxygens (including phenoxy) is 1. The zero-order valence-corrected chi connectivity index (χ0v) is 13.2. The molecule has 0 fully saturated rings. The first-order valence-electron chi connectivity index (χ1n) is 6.74. The van der Waals surface area contributed by atoms with Crippen molar-refractivity contribution in [1.29, 1.82) is 0 Å². The van der Waals surface area contributed by atoms with Crippen LogP contribution in [0.15, 0.2) is 52.5 Å². The number of carbonyl (C=O) groups is 1. The number of nitrogens with zero attached hydrogens (tertiary/aromatic N) is 1. The molecule has 2 rings (SSSR count). The first-order valence-corrected chi connectivity index (χ1v) is 8.22. The lowest BCUT2D eigenvalue weighted by atomic mass is 10.2. The van der Waals surface area contributed by atoms with Gasteiger partial charge in [0.05, 0.1) is 12.0 Å². The first kappa shape index (κ1) is 16.8. The molecule has 0 atom stereocenters. The van der Waals surface area contributed by atoms with Crippen molar-refractivity contribution in [3.8, 4) is 5.75 Å². The number of nitrogens with one attached hydrogen (secondary N) is 1. The molecule has 0 aliphatic rings. The molecule has 0 aliphatic carbocycles. The van der Waals surface area contributed by atoms with E-state index < -0.39 is 15.9 Å². The summed E-state index contributed by atoms with van der Waals surface area (Å²) in [5.41, 5.74) is 0.743. The molecule has 0 bridgehead atoms. The SMILES string of the molecule is COc1ccc(S(=O)(=O)c2ccc(CCNC(=O)O)cn2)cc1. The van der Waals surface area contributed by atoms with Crippen LogP contribution in [0.4, 0.5) is 4.79 Å². The van der Waals surface area contributed by atoms with Crippen molar-refractivity contribution in [2.45, 2.75) is 16.3 Å². The Kier molecular flexibility index (Phi) is 5.17. The van der Waals surface area contributed by atoms with E-state index in [0.717, 1.165) is 5.56 Å². The number of hydrogen-bond donors (Lipinski definition) is 2. The predicted octanol–water partition coefficient (Wildman–Crippen LogP) is 1.73. The second-order valence-electron chi connectivity index (χ2n) is 4.67. The summed E-state index contributed by atoms with van der Waals surface area (Å²) in [5, 5.41) is 10.7. The third-order valence-electron chi connectivity index (χ3n) is 3.13. The Hall–Kier alpha value is -2.61. The molecule has 2 N–H and O–H groups in total. The van der Waals surface area contributed by atoms with E-state index >= 15 is 0 Å². The van der Waals surface area contributed by atoms with E-state index in [1.807, 2.05) is 0 Å². The molecule has 1 heterocycles. The Morgan fingerprint density at radius 3 is 2.43 bits per heavy atom. The van der Waals surface area contributed by atoms with Gasteiger partial charge in [-0.15, -0.1) is 0 Å². The molecule has 0 unspecified atom stereocenters. The van der Waals surface area contributed by atoms with Gasteiger partial charge in [0.15, 0.2) is 5.03 Å². The van der Waals surface area contributed by atoms with Gasteiger partial charge in [0, 0.05) is 12.7 Å². The zero-order valence-electron chi connectivity index (χ0n) is 12.4. The van der Waals surface area contributed by atoms with Crippen LogP contribution in [-0.2, 0) is 16.3 Å². The van der Waals surface area contributed by atoms with Gasteiger partial charge in [-0.05, 0) is 42.3 Å². The normalized spacial score (nSPS) is 11.0. The molecule has 0 spiro atoms. The minimum Gasteiger partial charge on any atom is -0.497 e. The summed E-state index contributed by atoms with van der Waals surface area (Å²) in [7, 11) is -2.19. The Balaban J connectivity index is 2.14. The van der Waals surface area contributed by atoms with E-state index in [0.29, 0.717) is 12.2 Å². The monoisotopic (exact) mass is 336 g/mol. The number of sulfone groups is 1. The molecule has 0 saturated carbocycles. The molecule has 0 saturated heterocycles. The number of benzene rings is 1. The molecular formula is C15H16N2O5S. The van der Waals surface area contributed by atoms with E-state index in [4.69, 9.17) is 9.84 Å². The third kappa shape index (κ3) is 4.19. The number of amides is 1. The number of carboxylic acid groups (broad SMARTS) is 1. The van der Waals surface area contributed by atoms with Gasteiger partial charge in [-0.3, -0.25) is 0 Å². The van der Waals surface area contributed by atoms with Gasteiger partial charge in [0.1, 0.15) is 5.75 Å². The highest BCUT2D eigenvalue weighted by atomic mass is 32.2. The fraction of sp³-hybridized carbons (Fsp3) is 0.200. The molecular weight excluding hydrogens is 320 g/mol. The van der Waals surface area contributed by atoms with Crippen LogP contribution in [0.1, 0.15) is 5.56 Å². The number of pyridine rings is 1. The largest absolute Gasteiger partial charge is 0.497 e. The Labute approximate surface area is 133 Å². The first-order chi connectivity index (χ1) is 10.9. The highest BCUT2D eigenvalue weighted by molar-refractivity contribution is 7.91. The van der Waals surface area contributed by atoms with Crippen LogP contribution in [0.3, 0.4) is 0 Å². The summed E-state index contributed by atoms with van der Waals surface area (Å²) in [6.07, 6.45) is 0.763. The smallest absolute Gasteiger partial charge is 0.404 e. The van der Waals surface area contributed by atoms with Gasteiger partial charge >= 0.3 is 6.09 Å². The van der Waals surface area contributed by atoms with Crippen molar-refractivity contribution in [2.75, 3.05) is 13.7 Å². The molecule has 122 valence electrons. The van der Waals surface area contributed by atoms with Crippen LogP contribution in [0.5, 0.6) is 5.75 Å². The number of rotatable bonds is 6. The Morgan fingerprint density at radius 1 is 1.22 bits per heavy atom. The molecule has 1 aromatic carbocycles. The average Bonchev–Trinajstić information content (AvgIpc) is 2.55. The van der Waals surface area contributed by atoms with Crippen molar-refractivity contribution < 1.29 is 23.1 Å². The quantitative estimate of drug-likeness (QED) is 0.832. The van der Waals surface area contributed by atoms with Crippen LogP contribution in [0.25, 0.3) is 0 Å². The summed E-state index contributed by atoms with van der Waals surface area (Å²) in [4.78, 5) is 14.5. The standard InChI is InChI=1S/C15H16N2O5S/c1-22-12-3-5-13(6-4-12)23(20,21)14-7-2-11(10-17-14)8-9-16-15(18)19/h2-7,10,16H,8-9H2,1H3,(H,18,19). The van der Waals surface area contributed by atoms with Gasteiger partial charge in [0.25, 0.3) is 0 Å². The summed E-state index contributed by atoms with van der Waals surface area (Å²) < 4.78 is 29.9. The maximum atomic E-state index is 12.5. The van der Waals surface area contributed by atoms with Crippen molar-refractivity contribution in [1.82, 2.24) is 10.3 Å². The van der Waals surface area contributed by atoms with E-state index in [9.17, 15) is 13.2 Å². The van der Waals surface area contributed by atoms with Gasteiger partial charge < -0.3 is 15.2 Å². The van der Waals surface area contributed by atoms with E-state index in [-0.39, 0.29) is 16.5 Å². The van der Waals surface area contributed by atoms with Crippen LogP contribution < -0.4 is 10.1 Å². The summed E-state index contributed by atoms with van der Waals surface area (Å²) >= 11 is 0. The molecule has 0 radical (unpaired) electrons. The lowest BCUT2D eigenvalue weighted by molar-refractivity contribution is 0.194. The van der Waals surface area contributed by atoms with Gasteiger partial charge in [-0.25, -0.2) is 18.2 Å². The third-order valence-corrected chi connectivity index (χ3v) is 4.82. The number of hydrogen-bond acceptors (Lipinski definition) is 5. The molecule has 23 heavy (non-hydrogen) atoms. The summed E-state index contributed by atoms with van der Waals surface area (Å²) in [6, 6.07) is 9.08. The van der Waals surface area contributed by atoms with E-state index in [1.54, 1.807) is 18.2 Å². The highest BCUT2D eigenvalue weighted by Gasteiger charge is 2.19. The molecule has 1 amide bonds. The maximum absolute atomic E-state index is 12.5. The zero-order chi connectivity index (χ0) is 16.9. The molecule has 0 aliphatic heterocycles. The minimum atomic E-state index is -3.69. The van der Waals surface area contributed by atoms with Crippen LogP contribution >= 0.6 is 0 Å². The number of aromatic nitrogens is 1. The fourth-order valence-corrected chi connectivity index (χ4v) is 3.08. The Morgan fingerprint density at radius 2 is 1.91 bits per heavy atom. The van der Waals surface area contributed by atoms with Crippen molar-refractivity contribution in [2.24, 2.45) is 0 Å². The van der Waals surface area contributed by atoms with Crippen molar-refractivity contribution >= 4 is 15.9 Å². The average molecular weight is 336 g/mol. The van der Waals surface area contributed by atoms with Crippen molar-refractivity contribution in [3.63, 3.8) is 0 Å². The lowest BCUT2D eigenvalue weighted by Crippen LogP contribution is -2.23. The van der Waals surface area contributed by atoms with E-state index in [2.05, 4.69) is 10.3 Å². The topological polar surface area (TPSA) is 106 Å². The second-order valence-corrected chi connectivity index (χ2v) is 6.56. The molecule has 8 heteroatoms. The van der Waals surface area contributed by atoms with Crippen LogP contribution in [0, 0.1) is 0 Å². The minimum absolute atomic E-state index is 0.0578. The summed E-state index contributed by atoms with van der Waals surface area (Å²) in [5.74, 6) is 0.568. The van der Waals surface area contributed by atoms with Gasteiger partial charge in [-0.1, -0.05) is 6.07 Å². The molecule has 2 aromatic rings. The predicted molar refractivity (Wildman–Crippen MR) is 82.4 cm³/mol. The molecule has 7 nitrogen and oxygen atoms in total. The van der Waals surface area contributed by atoms with E-state index in [1.165, 1.54) is 31.5 Å². The molecule has 1 aromatic heterocycles. The highest BCUT2D eigenvalue weighted by Crippen LogP contribution is 2.21. The number of methoxy groups -OCH3 is 1. The Bertz CT molecular complexity index is 771. The maximum Gasteiger partial charge on any atom is 0.404 e. The van der Waals surface area contributed by atoms with Crippen molar-refractivity contribution in [3.05, 3.63) is 48.2 Å². The van der Waals surface area contributed by atoms with Gasteiger partial charge in [0.2, 0.25) is 9.84 Å². The second kappa shape index (κ2) is 7.10. The van der Waals surface area contributed by atoms with Crippen LogP contribution in [0.2, 0.25) is 0 Å².